The zero-order valence-electron chi connectivity index (χ0n) is 10.1. The molecule has 2 heterocycles. The lowest BCUT2D eigenvalue weighted by molar-refractivity contribution is 0.161. The number of aromatic nitrogens is 2. The topological polar surface area (TPSA) is 27.1 Å². The van der Waals surface area contributed by atoms with Crippen LogP contribution in [0.25, 0.3) is 0 Å². The van der Waals surface area contributed by atoms with E-state index in [-0.39, 0.29) is 5.41 Å². The van der Waals surface area contributed by atoms with Crippen LogP contribution in [0.5, 0.6) is 5.88 Å². The predicted molar refractivity (Wildman–Crippen MR) is 60.2 cm³/mol. The molecule has 1 aliphatic heterocycles. The van der Waals surface area contributed by atoms with Gasteiger partial charge in [-0.2, -0.15) is 5.10 Å². The van der Waals surface area contributed by atoms with Gasteiger partial charge in [0.2, 0.25) is 5.88 Å². The molecule has 1 aromatic rings. The van der Waals surface area contributed by atoms with E-state index in [1.165, 1.54) is 0 Å². The second-order valence-corrected chi connectivity index (χ2v) is 5.39. The van der Waals surface area contributed by atoms with E-state index in [0.717, 1.165) is 31.1 Å². The molecule has 1 unspecified atom stereocenters. The van der Waals surface area contributed by atoms with Gasteiger partial charge < -0.3 is 4.74 Å². The molecule has 0 amide bonds. The Labute approximate surface area is 91.4 Å². The second kappa shape index (κ2) is 3.54. The van der Waals surface area contributed by atoms with Crippen molar-refractivity contribution in [3.8, 4) is 5.88 Å². The van der Waals surface area contributed by atoms with E-state index in [0.29, 0.717) is 5.92 Å². The van der Waals surface area contributed by atoms with Crippen molar-refractivity contribution < 1.29 is 4.74 Å². The first kappa shape index (κ1) is 10.5. The van der Waals surface area contributed by atoms with E-state index in [1.54, 1.807) is 0 Å². The van der Waals surface area contributed by atoms with Gasteiger partial charge >= 0.3 is 0 Å². The van der Waals surface area contributed by atoms with E-state index in [9.17, 15) is 0 Å². The maximum Gasteiger partial charge on any atom is 0.212 e. The molecule has 1 aliphatic rings. The van der Waals surface area contributed by atoms with Crippen molar-refractivity contribution in [3.63, 3.8) is 0 Å². The zero-order chi connectivity index (χ0) is 11.1. The summed E-state index contributed by atoms with van der Waals surface area (Å²) in [6.45, 7) is 10.6. The van der Waals surface area contributed by atoms with Gasteiger partial charge in [0.05, 0.1) is 18.8 Å². The molecule has 0 spiro atoms. The normalized spacial score (nSPS) is 20.9. The largest absolute Gasteiger partial charge is 0.477 e. The Hall–Kier alpha value is -0.990. The summed E-state index contributed by atoms with van der Waals surface area (Å²) in [5.41, 5.74) is 1.23. The van der Waals surface area contributed by atoms with Gasteiger partial charge in [0.1, 0.15) is 0 Å². The molecule has 1 atom stereocenters. The lowest BCUT2D eigenvalue weighted by Crippen LogP contribution is -2.25. The molecule has 3 nitrogen and oxygen atoms in total. The van der Waals surface area contributed by atoms with Crippen molar-refractivity contribution in [2.45, 2.75) is 46.1 Å². The first-order valence-corrected chi connectivity index (χ1v) is 5.72. The van der Waals surface area contributed by atoms with Gasteiger partial charge in [-0.15, -0.1) is 0 Å². The Morgan fingerprint density at radius 1 is 1.53 bits per heavy atom. The van der Waals surface area contributed by atoms with E-state index >= 15 is 0 Å². The average molecular weight is 208 g/mol. The fraction of sp³-hybridized carbons (Fsp3) is 0.750. The number of hydrogen-bond acceptors (Lipinski definition) is 2. The van der Waals surface area contributed by atoms with Gasteiger partial charge in [0.15, 0.2) is 0 Å². The highest BCUT2D eigenvalue weighted by atomic mass is 16.5. The number of nitrogens with zero attached hydrogens (tertiary/aromatic N) is 2. The highest BCUT2D eigenvalue weighted by Gasteiger charge is 2.24. The molecule has 3 heteroatoms. The van der Waals surface area contributed by atoms with E-state index in [1.807, 2.05) is 4.68 Å². The fourth-order valence-electron chi connectivity index (χ4n) is 1.76. The van der Waals surface area contributed by atoms with Crippen LogP contribution >= 0.6 is 0 Å². The molecule has 0 radical (unpaired) electrons. The van der Waals surface area contributed by atoms with E-state index < -0.39 is 0 Å². The van der Waals surface area contributed by atoms with Crippen LogP contribution in [0.2, 0.25) is 0 Å². The van der Waals surface area contributed by atoms with Gasteiger partial charge in [-0.25, -0.2) is 4.68 Å². The molecule has 0 aliphatic carbocycles. The number of rotatable bonds is 1. The summed E-state index contributed by atoms with van der Waals surface area (Å²) in [7, 11) is 0. The van der Waals surface area contributed by atoms with Crippen molar-refractivity contribution in [1.29, 1.82) is 0 Å². The van der Waals surface area contributed by atoms with Crippen LogP contribution in [0.4, 0.5) is 0 Å². The quantitative estimate of drug-likeness (QED) is 0.709. The third-order valence-corrected chi connectivity index (χ3v) is 2.99. The van der Waals surface area contributed by atoms with Crippen molar-refractivity contribution in [2.75, 3.05) is 6.61 Å². The SMILES string of the molecule is CCC1COc2cc(C(C)(C)C)nn2C1. The van der Waals surface area contributed by atoms with Crippen molar-refractivity contribution in [1.82, 2.24) is 9.78 Å². The number of hydrogen-bond donors (Lipinski definition) is 0. The summed E-state index contributed by atoms with van der Waals surface area (Å²) in [6, 6.07) is 2.08. The van der Waals surface area contributed by atoms with Gasteiger partial charge in [-0.3, -0.25) is 0 Å². The van der Waals surface area contributed by atoms with Gasteiger partial charge in [-0.05, 0) is 6.42 Å². The zero-order valence-corrected chi connectivity index (χ0v) is 10.1. The van der Waals surface area contributed by atoms with Crippen molar-refractivity contribution >= 4 is 0 Å². The van der Waals surface area contributed by atoms with Crippen LogP contribution in [0, 0.1) is 5.92 Å². The highest BCUT2D eigenvalue weighted by molar-refractivity contribution is 5.22. The molecule has 0 saturated heterocycles. The molecular weight excluding hydrogens is 188 g/mol. The molecule has 0 N–H and O–H groups in total. The van der Waals surface area contributed by atoms with Crippen LogP contribution in [0.3, 0.4) is 0 Å². The van der Waals surface area contributed by atoms with Gasteiger partial charge in [0.25, 0.3) is 0 Å². The highest BCUT2D eigenvalue weighted by Crippen LogP contribution is 2.28. The third kappa shape index (κ3) is 2.01. The third-order valence-electron chi connectivity index (χ3n) is 2.99. The second-order valence-electron chi connectivity index (χ2n) is 5.39. The summed E-state index contributed by atoms with van der Waals surface area (Å²) in [5, 5.41) is 4.61. The summed E-state index contributed by atoms with van der Waals surface area (Å²) in [4.78, 5) is 0. The van der Waals surface area contributed by atoms with Crippen LogP contribution in [0.1, 0.15) is 39.8 Å². The molecule has 15 heavy (non-hydrogen) atoms. The fourth-order valence-corrected chi connectivity index (χ4v) is 1.76. The minimum absolute atomic E-state index is 0.107. The molecule has 84 valence electrons. The summed E-state index contributed by atoms with van der Waals surface area (Å²) >= 11 is 0. The van der Waals surface area contributed by atoms with E-state index in [4.69, 9.17) is 4.74 Å². The molecule has 2 rings (SSSR count). The molecule has 0 saturated carbocycles. The number of ether oxygens (including phenoxy) is 1. The van der Waals surface area contributed by atoms with Gasteiger partial charge in [-0.1, -0.05) is 27.7 Å². The minimum atomic E-state index is 0.107. The van der Waals surface area contributed by atoms with E-state index in [2.05, 4.69) is 38.9 Å². The first-order chi connectivity index (χ1) is 7.00. The standard InChI is InChI=1S/C12H20N2O/c1-5-9-7-14-11(15-8-9)6-10(13-14)12(2,3)4/h6,9H,5,7-8H2,1-4H3. The van der Waals surface area contributed by atoms with Crippen LogP contribution in [-0.2, 0) is 12.0 Å². The molecule has 1 aromatic heterocycles. The Morgan fingerprint density at radius 2 is 2.27 bits per heavy atom. The Balaban J connectivity index is 2.26. The van der Waals surface area contributed by atoms with Gasteiger partial charge in [0, 0.05) is 17.4 Å². The predicted octanol–water partition coefficient (Wildman–Crippen LogP) is 2.60. The van der Waals surface area contributed by atoms with Crippen LogP contribution < -0.4 is 4.74 Å². The monoisotopic (exact) mass is 208 g/mol. The van der Waals surface area contributed by atoms with Crippen molar-refractivity contribution in [3.05, 3.63) is 11.8 Å². The average Bonchev–Trinajstić information content (AvgIpc) is 2.59. The Bertz CT molecular complexity index is 349. The summed E-state index contributed by atoms with van der Waals surface area (Å²) in [5.74, 6) is 1.55. The lowest BCUT2D eigenvalue weighted by atomic mass is 9.93. The molecule has 0 bridgehead atoms. The molecule has 0 aromatic carbocycles. The van der Waals surface area contributed by atoms with Crippen LogP contribution in [-0.4, -0.2) is 16.4 Å². The number of fused-ring (bicyclic) bond motifs is 1. The molecular formula is C12H20N2O. The Morgan fingerprint density at radius 3 is 2.87 bits per heavy atom. The maximum atomic E-state index is 5.70. The summed E-state index contributed by atoms with van der Waals surface area (Å²) < 4.78 is 7.72. The smallest absolute Gasteiger partial charge is 0.212 e. The Kier molecular flexibility index (Phi) is 2.49. The summed E-state index contributed by atoms with van der Waals surface area (Å²) in [6.07, 6.45) is 1.16. The van der Waals surface area contributed by atoms with Crippen LogP contribution in [0.15, 0.2) is 6.07 Å². The minimum Gasteiger partial charge on any atom is -0.477 e. The first-order valence-electron chi connectivity index (χ1n) is 5.72. The molecule has 0 fully saturated rings. The van der Waals surface area contributed by atoms with Crippen molar-refractivity contribution in [2.24, 2.45) is 5.92 Å². The lowest BCUT2D eigenvalue weighted by Gasteiger charge is -2.22. The maximum absolute atomic E-state index is 5.70.